The molecule has 1 heteroatoms. The Hall–Kier alpha value is -0.820. The lowest BCUT2D eigenvalue weighted by molar-refractivity contribution is -0.902. The maximum absolute atomic E-state index is 2.33. The van der Waals surface area contributed by atoms with Gasteiger partial charge in [0.2, 0.25) is 0 Å². The summed E-state index contributed by atoms with van der Waals surface area (Å²) in [4.78, 5) is 0. The van der Waals surface area contributed by atoms with Crippen LogP contribution in [0, 0.1) is 6.92 Å². The van der Waals surface area contributed by atoms with Crippen molar-refractivity contribution in [2.75, 3.05) is 21.1 Å². The third-order valence-electron chi connectivity index (χ3n) is 4.56. The monoisotopic (exact) mass is 290 g/mol. The molecule has 120 valence electrons. The van der Waals surface area contributed by atoms with Crippen molar-refractivity contribution in [3.8, 4) is 0 Å². The van der Waals surface area contributed by atoms with Crippen LogP contribution in [0.3, 0.4) is 0 Å². The molecule has 0 spiro atoms. The van der Waals surface area contributed by atoms with Gasteiger partial charge in [-0.2, -0.15) is 0 Å². The Morgan fingerprint density at radius 2 is 1.43 bits per heavy atom. The van der Waals surface area contributed by atoms with E-state index in [0.717, 1.165) is 4.48 Å². The molecule has 0 radical (unpaired) electrons. The molecule has 0 bridgehead atoms. The van der Waals surface area contributed by atoms with Crippen molar-refractivity contribution in [3.05, 3.63) is 35.4 Å². The van der Waals surface area contributed by atoms with Crippen LogP contribution in [-0.2, 0) is 0 Å². The summed E-state index contributed by atoms with van der Waals surface area (Å²) in [7, 11) is 7.00. The van der Waals surface area contributed by atoms with Crippen molar-refractivity contribution in [2.24, 2.45) is 0 Å². The van der Waals surface area contributed by atoms with Crippen molar-refractivity contribution in [2.45, 2.75) is 71.3 Å². The van der Waals surface area contributed by atoms with Gasteiger partial charge in [0.15, 0.2) is 0 Å². The highest BCUT2D eigenvalue weighted by molar-refractivity contribution is 5.27. The van der Waals surface area contributed by atoms with E-state index in [1.807, 2.05) is 0 Å². The molecular weight excluding hydrogens is 254 g/mol. The van der Waals surface area contributed by atoms with Crippen molar-refractivity contribution in [1.29, 1.82) is 0 Å². The van der Waals surface area contributed by atoms with Crippen LogP contribution < -0.4 is 0 Å². The Kier molecular flexibility index (Phi) is 8.03. The highest BCUT2D eigenvalue weighted by Gasteiger charge is 2.26. The lowest BCUT2D eigenvalue weighted by atomic mass is 9.94. The van der Waals surface area contributed by atoms with Crippen LogP contribution in [0.15, 0.2) is 24.3 Å². The van der Waals surface area contributed by atoms with Crippen LogP contribution in [0.25, 0.3) is 0 Å². The van der Waals surface area contributed by atoms with Crippen LogP contribution >= 0.6 is 0 Å². The van der Waals surface area contributed by atoms with Gasteiger partial charge in [-0.05, 0) is 18.9 Å². The number of rotatable bonds is 10. The molecule has 0 aliphatic carbocycles. The fourth-order valence-electron chi connectivity index (χ4n) is 3.22. The Balaban J connectivity index is 2.48. The number of aryl methyl sites for hydroxylation is 1. The molecule has 0 N–H and O–H groups in total. The summed E-state index contributed by atoms with van der Waals surface area (Å²) in [6, 6.07) is 9.55. The summed E-state index contributed by atoms with van der Waals surface area (Å²) in [5.41, 5.74) is 2.98. The predicted octanol–water partition coefficient (Wildman–Crippen LogP) is 5.88. The lowest BCUT2D eigenvalue weighted by Gasteiger charge is -2.35. The average molecular weight is 291 g/mol. The second-order valence-corrected chi connectivity index (χ2v) is 7.40. The summed E-state index contributed by atoms with van der Waals surface area (Å²) in [6.07, 6.45) is 11.1. The van der Waals surface area contributed by atoms with E-state index in [2.05, 4.69) is 59.3 Å². The zero-order chi connectivity index (χ0) is 15.7. The van der Waals surface area contributed by atoms with Crippen LogP contribution in [0.2, 0.25) is 0 Å². The molecule has 1 rings (SSSR count). The first-order valence-corrected chi connectivity index (χ1v) is 8.83. The molecule has 0 heterocycles. The van der Waals surface area contributed by atoms with E-state index in [1.165, 1.54) is 62.5 Å². The molecule has 0 saturated heterocycles. The van der Waals surface area contributed by atoms with Gasteiger partial charge in [-0.3, -0.25) is 0 Å². The summed E-state index contributed by atoms with van der Waals surface area (Å²) in [5, 5.41) is 0. The number of quaternary nitrogens is 1. The van der Waals surface area contributed by atoms with Crippen LogP contribution in [0.5, 0.6) is 0 Å². The van der Waals surface area contributed by atoms with Gasteiger partial charge >= 0.3 is 0 Å². The molecule has 21 heavy (non-hydrogen) atoms. The van der Waals surface area contributed by atoms with Gasteiger partial charge in [0.25, 0.3) is 0 Å². The molecule has 0 amide bonds. The quantitative estimate of drug-likeness (QED) is 0.373. The number of hydrogen-bond acceptors (Lipinski definition) is 0. The normalized spacial score (nSPS) is 13.4. The number of hydrogen-bond donors (Lipinski definition) is 0. The smallest absolute Gasteiger partial charge is 0.114 e. The van der Waals surface area contributed by atoms with E-state index in [-0.39, 0.29) is 0 Å². The van der Waals surface area contributed by atoms with E-state index in [4.69, 9.17) is 0 Å². The van der Waals surface area contributed by atoms with Crippen LogP contribution in [-0.4, -0.2) is 25.6 Å². The Morgan fingerprint density at radius 3 is 2.00 bits per heavy atom. The van der Waals surface area contributed by atoms with Crippen molar-refractivity contribution in [1.82, 2.24) is 0 Å². The van der Waals surface area contributed by atoms with Gasteiger partial charge in [-0.15, -0.1) is 0 Å². The first-order chi connectivity index (χ1) is 9.96. The van der Waals surface area contributed by atoms with Crippen molar-refractivity contribution < 1.29 is 4.48 Å². The zero-order valence-corrected chi connectivity index (χ0v) is 15.0. The third-order valence-corrected chi connectivity index (χ3v) is 4.56. The summed E-state index contributed by atoms with van der Waals surface area (Å²) >= 11 is 0. The molecule has 0 fully saturated rings. The van der Waals surface area contributed by atoms with E-state index >= 15 is 0 Å². The van der Waals surface area contributed by atoms with Gasteiger partial charge < -0.3 is 4.48 Å². The van der Waals surface area contributed by atoms with Crippen LogP contribution in [0.4, 0.5) is 0 Å². The van der Waals surface area contributed by atoms with Crippen molar-refractivity contribution in [3.63, 3.8) is 0 Å². The summed E-state index contributed by atoms with van der Waals surface area (Å²) in [6.45, 7) is 4.54. The highest BCUT2D eigenvalue weighted by atomic mass is 15.3. The lowest BCUT2D eigenvalue weighted by Crippen LogP contribution is -2.39. The van der Waals surface area contributed by atoms with Crippen LogP contribution in [0.1, 0.15) is 75.5 Å². The van der Waals surface area contributed by atoms with Gasteiger partial charge in [0, 0.05) is 12.0 Å². The topological polar surface area (TPSA) is 0 Å². The molecule has 1 aromatic rings. The Labute approximate surface area is 133 Å². The third kappa shape index (κ3) is 6.65. The molecule has 0 aromatic heterocycles. The van der Waals surface area contributed by atoms with E-state index in [0.29, 0.717) is 6.04 Å². The second kappa shape index (κ2) is 9.25. The molecule has 1 atom stereocenters. The molecule has 1 unspecified atom stereocenters. The first-order valence-electron chi connectivity index (χ1n) is 8.83. The van der Waals surface area contributed by atoms with Gasteiger partial charge in [-0.25, -0.2) is 0 Å². The van der Waals surface area contributed by atoms with Gasteiger partial charge in [-0.1, -0.05) is 69.7 Å². The maximum atomic E-state index is 2.33. The molecule has 0 aliphatic rings. The van der Waals surface area contributed by atoms with Gasteiger partial charge in [0.1, 0.15) is 6.04 Å². The summed E-state index contributed by atoms with van der Waals surface area (Å²) < 4.78 is 1.03. The molecule has 0 saturated carbocycles. The average Bonchev–Trinajstić information content (AvgIpc) is 2.42. The fraction of sp³-hybridized carbons (Fsp3) is 0.700. The van der Waals surface area contributed by atoms with E-state index in [1.54, 1.807) is 0 Å². The maximum Gasteiger partial charge on any atom is 0.114 e. The first kappa shape index (κ1) is 18.2. The predicted molar refractivity (Wildman–Crippen MR) is 94.6 cm³/mol. The summed E-state index contributed by atoms with van der Waals surface area (Å²) in [5.74, 6) is 0. The van der Waals surface area contributed by atoms with Gasteiger partial charge in [0.05, 0.1) is 21.1 Å². The molecule has 1 aromatic carbocycles. The Morgan fingerprint density at radius 1 is 0.857 bits per heavy atom. The Bertz CT molecular complexity index is 389. The number of nitrogens with zero attached hydrogens (tertiary/aromatic N) is 1. The fourth-order valence-corrected chi connectivity index (χ4v) is 3.22. The molecule has 0 aliphatic heterocycles. The standard InChI is InChI=1S/C20H36N/c1-6-7-8-9-10-11-12-17-20(21(3,4)5)19-16-14-13-15-18(19)2/h13-16,20H,6-12,17H2,1-5H3/q+1. The molecular formula is C20H36N+. The SMILES string of the molecule is CCCCCCCCCC(c1ccccc1C)[N+](C)(C)C. The van der Waals surface area contributed by atoms with Crippen molar-refractivity contribution >= 4 is 0 Å². The minimum Gasteiger partial charge on any atom is -0.325 e. The van der Waals surface area contributed by atoms with E-state index < -0.39 is 0 Å². The number of unbranched alkanes of at least 4 members (excludes halogenated alkanes) is 6. The minimum atomic E-state index is 0.627. The molecule has 1 nitrogen and oxygen atoms in total. The second-order valence-electron chi connectivity index (χ2n) is 7.40. The van der Waals surface area contributed by atoms with E-state index in [9.17, 15) is 0 Å². The largest absolute Gasteiger partial charge is 0.325 e. The highest BCUT2D eigenvalue weighted by Crippen LogP contribution is 2.31. The zero-order valence-electron chi connectivity index (χ0n) is 15.0. The minimum absolute atomic E-state index is 0.627. The number of benzene rings is 1.